The summed E-state index contributed by atoms with van der Waals surface area (Å²) in [6.07, 6.45) is 3.76. The number of aromatic nitrogens is 6. The first-order chi connectivity index (χ1) is 15.7. The van der Waals surface area contributed by atoms with Crippen molar-refractivity contribution in [3.8, 4) is 11.7 Å². The number of halogens is 1. The number of ether oxygens (including phenoxy) is 1. The third kappa shape index (κ3) is 3.05. The van der Waals surface area contributed by atoms with Gasteiger partial charge in [-0.25, -0.2) is 19.2 Å². The van der Waals surface area contributed by atoms with Crippen molar-refractivity contribution in [3.63, 3.8) is 0 Å². The lowest BCUT2D eigenvalue weighted by atomic mass is 10.00. The van der Waals surface area contributed by atoms with E-state index in [0.717, 1.165) is 11.0 Å². The van der Waals surface area contributed by atoms with Crippen molar-refractivity contribution in [3.05, 3.63) is 76.9 Å². The molecule has 0 unspecified atom stereocenters. The maximum absolute atomic E-state index is 14.2. The van der Waals surface area contributed by atoms with Crippen molar-refractivity contribution in [1.29, 1.82) is 0 Å². The highest BCUT2D eigenvalue weighted by Crippen LogP contribution is 2.36. The van der Waals surface area contributed by atoms with Gasteiger partial charge in [-0.05, 0) is 18.2 Å². The average Bonchev–Trinajstić information content (AvgIpc) is 3.40. The number of nitrogens with zero attached hydrogens (tertiary/aromatic N) is 5. The number of fused-ring (bicyclic) bond motifs is 3. The van der Waals surface area contributed by atoms with E-state index in [1.807, 2.05) is 38.1 Å². The molecular weight excluding hydrogens is 411 g/mol. The number of benzene rings is 2. The Hall–Kier alpha value is -4.01. The van der Waals surface area contributed by atoms with Crippen LogP contribution in [0.2, 0.25) is 0 Å². The molecule has 0 spiro atoms. The molecule has 0 bridgehead atoms. The van der Waals surface area contributed by atoms with Crippen LogP contribution in [0.15, 0.2) is 59.8 Å². The molecule has 0 radical (unpaired) electrons. The van der Waals surface area contributed by atoms with Crippen LogP contribution in [0.4, 0.5) is 4.39 Å². The van der Waals surface area contributed by atoms with Gasteiger partial charge in [-0.1, -0.05) is 38.1 Å². The van der Waals surface area contributed by atoms with Gasteiger partial charge < -0.3 is 9.72 Å². The van der Waals surface area contributed by atoms with Crippen LogP contribution in [-0.2, 0) is 0 Å². The summed E-state index contributed by atoms with van der Waals surface area (Å²) < 4.78 is 23.1. The van der Waals surface area contributed by atoms with Crippen LogP contribution in [0.1, 0.15) is 31.9 Å². The first-order valence-electron chi connectivity index (χ1n) is 10.5. The SMILES string of the molecule is CC.O=c1[nH]c2cnc(-n3cnc4ccccc43)nc2n1[C@H]1CCOc2c(F)cccc21. The predicted octanol–water partition coefficient (Wildman–Crippen LogP) is 4.00. The quantitative estimate of drug-likeness (QED) is 0.455. The van der Waals surface area contributed by atoms with Crippen molar-refractivity contribution in [2.75, 3.05) is 6.61 Å². The van der Waals surface area contributed by atoms with Gasteiger partial charge in [0.15, 0.2) is 17.2 Å². The summed E-state index contributed by atoms with van der Waals surface area (Å²) in [7, 11) is 0. The van der Waals surface area contributed by atoms with Crippen LogP contribution in [0.5, 0.6) is 5.75 Å². The van der Waals surface area contributed by atoms with Crippen LogP contribution in [0.3, 0.4) is 0 Å². The summed E-state index contributed by atoms with van der Waals surface area (Å²) >= 11 is 0. The van der Waals surface area contributed by atoms with Crippen molar-refractivity contribution in [2.45, 2.75) is 26.3 Å². The normalized spacial score (nSPS) is 15.2. The number of hydrogen-bond acceptors (Lipinski definition) is 5. The van der Waals surface area contributed by atoms with Gasteiger partial charge in [-0.3, -0.25) is 9.13 Å². The number of rotatable bonds is 2. The van der Waals surface area contributed by atoms with Crippen molar-refractivity contribution in [1.82, 2.24) is 29.1 Å². The number of aromatic amines is 1. The highest BCUT2D eigenvalue weighted by Gasteiger charge is 2.28. The van der Waals surface area contributed by atoms with Crippen LogP contribution in [0.25, 0.3) is 28.1 Å². The second-order valence-electron chi connectivity index (χ2n) is 7.12. The van der Waals surface area contributed by atoms with E-state index in [9.17, 15) is 9.18 Å². The van der Waals surface area contributed by atoms with Gasteiger partial charge in [-0.2, -0.15) is 4.98 Å². The van der Waals surface area contributed by atoms with Crippen LogP contribution < -0.4 is 10.4 Å². The van der Waals surface area contributed by atoms with Gasteiger partial charge in [0.05, 0.1) is 29.9 Å². The Morgan fingerprint density at radius 1 is 1.12 bits per heavy atom. The molecule has 2 aromatic carbocycles. The van der Waals surface area contributed by atoms with Crippen LogP contribution >= 0.6 is 0 Å². The molecule has 3 aromatic heterocycles. The first-order valence-corrected chi connectivity index (χ1v) is 10.5. The zero-order valence-electron chi connectivity index (χ0n) is 17.6. The Labute approximate surface area is 182 Å². The maximum Gasteiger partial charge on any atom is 0.328 e. The molecular formula is C23H21FN6O2. The zero-order chi connectivity index (χ0) is 22.2. The minimum atomic E-state index is -0.440. The Kier molecular flexibility index (Phi) is 4.93. The molecule has 0 aliphatic carbocycles. The van der Waals surface area contributed by atoms with Crippen molar-refractivity contribution < 1.29 is 9.13 Å². The molecule has 5 aromatic rings. The fraction of sp³-hybridized carbons (Fsp3) is 0.217. The predicted molar refractivity (Wildman–Crippen MR) is 119 cm³/mol. The summed E-state index contributed by atoms with van der Waals surface area (Å²) in [6, 6.07) is 12.0. The number of H-pyrrole nitrogens is 1. The second kappa shape index (κ2) is 7.92. The van der Waals surface area contributed by atoms with Gasteiger partial charge in [0.1, 0.15) is 11.8 Å². The van der Waals surface area contributed by atoms with E-state index < -0.39 is 11.9 Å². The monoisotopic (exact) mass is 432 g/mol. The third-order valence-corrected chi connectivity index (χ3v) is 5.42. The highest BCUT2D eigenvalue weighted by molar-refractivity contribution is 5.77. The summed E-state index contributed by atoms with van der Waals surface area (Å²) in [6.45, 7) is 4.31. The Morgan fingerprint density at radius 3 is 2.84 bits per heavy atom. The molecule has 0 saturated heterocycles. The smallest absolute Gasteiger partial charge is 0.328 e. The Bertz CT molecular complexity index is 1490. The molecule has 1 aliphatic rings. The lowest BCUT2D eigenvalue weighted by molar-refractivity contribution is 0.244. The van der Waals surface area contributed by atoms with Crippen molar-refractivity contribution >= 4 is 22.2 Å². The Morgan fingerprint density at radius 2 is 1.97 bits per heavy atom. The number of para-hydroxylation sites is 3. The lowest BCUT2D eigenvalue weighted by Gasteiger charge is -2.26. The highest BCUT2D eigenvalue weighted by atomic mass is 19.1. The van der Waals surface area contributed by atoms with E-state index in [1.54, 1.807) is 33.8 Å². The lowest BCUT2D eigenvalue weighted by Crippen LogP contribution is -2.28. The molecule has 6 rings (SSSR count). The van der Waals surface area contributed by atoms with Crippen LogP contribution in [-0.4, -0.2) is 35.7 Å². The van der Waals surface area contributed by atoms with Gasteiger partial charge in [0, 0.05) is 12.0 Å². The zero-order valence-corrected chi connectivity index (χ0v) is 17.6. The van der Waals surface area contributed by atoms with Crippen LogP contribution in [0, 0.1) is 5.82 Å². The largest absolute Gasteiger partial charge is 0.490 e. The number of nitrogens with one attached hydrogen (secondary N) is 1. The standard InChI is InChI=1S/C21H15FN6O2.C2H6/c22-13-5-3-4-12-16(8-9-30-18(12)13)28-19-15(25-21(28)29)10-23-20(26-19)27-11-24-14-6-1-2-7-17(14)27;1-2/h1-7,10-11,16H,8-9H2,(H,25,29);1-2H3/t16-;/m0./s1. The second-order valence-corrected chi connectivity index (χ2v) is 7.12. The maximum atomic E-state index is 14.2. The third-order valence-electron chi connectivity index (χ3n) is 5.42. The minimum absolute atomic E-state index is 0.185. The van der Waals surface area contributed by atoms with Gasteiger partial charge >= 0.3 is 5.69 Å². The summed E-state index contributed by atoms with van der Waals surface area (Å²) in [5.74, 6) is 0.144. The molecule has 1 N–H and O–H groups in total. The molecule has 9 heteroatoms. The fourth-order valence-corrected chi connectivity index (χ4v) is 4.07. The first kappa shape index (κ1) is 19.9. The van der Waals surface area contributed by atoms with E-state index in [0.29, 0.717) is 35.7 Å². The van der Waals surface area contributed by atoms with E-state index in [2.05, 4.69) is 19.9 Å². The average molecular weight is 432 g/mol. The summed E-state index contributed by atoms with van der Waals surface area (Å²) in [4.78, 5) is 29.1. The van der Waals surface area contributed by atoms with E-state index >= 15 is 0 Å². The molecule has 32 heavy (non-hydrogen) atoms. The molecule has 1 atom stereocenters. The summed E-state index contributed by atoms with van der Waals surface area (Å²) in [5.41, 5.74) is 2.94. The summed E-state index contributed by atoms with van der Waals surface area (Å²) in [5, 5.41) is 0. The van der Waals surface area contributed by atoms with Gasteiger partial charge in [-0.15, -0.1) is 0 Å². The van der Waals surface area contributed by atoms with E-state index in [1.165, 1.54) is 6.07 Å². The van der Waals surface area contributed by atoms with E-state index in [-0.39, 0.29) is 11.4 Å². The molecule has 0 fully saturated rings. The number of hydrogen-bond donors (Lipinski definition) is 1. The van der Waals surface area contributed by atoms with Gasteiger partial charge in [0.25, 0.3) is 0 Å². The molecule has 4 heterocycles. The van der Waals surface area contributed by atoms with E-state index in [4.69, 9.17) is 4.74 Å². The minimum Gasteiger partial charge on any atom is -0.490 e. The molecule has 0 amide bonds. The molecule has 0 saturated carbocycles. The van der Waals surface area contributed by atoms with Gasteiger partial charge in [0.2, 0.25) is 5.95 Å². The molecule has 8 nitrogen and oxygen atoms in total. The molecule has 1 aliphatic heterocycles. The number of imidazole rings is 2. The Balaban J connectivity index is 0.00000105. The molecule has 162 valence electrons. The van der Waals surface area contributed by atoms with Crippen molar-refractivity contribution in [2.24, 2.45) is 0 Å². The topological polar surface area (TPSA) is 90.6 Å². The fourth-order valence-electron chi connectivity index (χ4n) is 4.07.